The van der Waals surface area contributed by atoms with E-state index in [2.05, 4.69) is 12.1 Å². The predicted octanol–water partition coefficient (Wildman–Crippen LogP) is 3.96. The maximum absolute atomic E-state index is 12.4. The number of hydrogen-bond acceptors (Lipinski definition) is 4. The summed E-state index contributed by atoms with van der Waals surface area (Å²) in [5.41, 5.74) is 5.63. The van der Waals surface area contributed by atoms with Crippen molar-refractivity contribution in [3.05, 3.63) is 35.2 Å². The van der Waals surface area contributed by atoms with E-state index in [-0.39, 0.29) is 24.4 Å². The van der Waals surface area contributed by atoms with E-state index in [1.807, 2.05) is 32.2 Å². The molecule has 0 radical (unpaired) electrons. The molecule has 1 atom stereocenters. The number of nitrogens with zero attached hydrogens (tertiary/aromatic N) is 1. The van der Waals surface area contributed by atoms with Crippen molar-refractivity contribution in [3.63, 3.8) is 0 Å². The van der Waals surface area contributed by atoms with Gasteiger partial charge in [0, 0.05) is 34.4 Å². The van der Waals surface area contributed by atoms with Gasteiger partial charge in [-0.3, -0.25) is 4.79 Å². The van der Waals surface area contributed by atoms with Crippen LogP contribution < -0.4 is 5.73 Å². The lowest BCUT2D eigenvalue weighted by Crippen LogP contribution is -2.39. The number of rotatable bonds is 3. The summed E-state index contributed by atoms with van der Waals surface area (Å²) in [6, 6.07) is 10.4. The third-order valence-electron chi connectivity index (χ3n) is 3.58. The molecule has 6 heteroatoms. The zero-order chi connectivity index (χ0) is 14.3. The van der Waals surface area contributed by atoms with Gasteiger partial charge >= 0.3 is 0 Å². The smallest absolute Gasteiger partial charge is 0.264 e. The summed E-state index contributed by atoms with van der Waals surface area (Å²) < 4.78 is 3.67. The molecule has 21 heavy (non-hydrogen) atoms. The van der Waals surface area contributed by atoms with Crippen molar-refractivity contribution in [2.45, 2.75) is 13.0 Å². The molecule has 0 saturated carbocycles. The molecule has 0 bridgehead atoms. The molecule has 3 aromatic rings. The van der Waals surface area contributed by atoms with Gasteiger partial charge in [0.25, 0.3) is 5.91 Å². The lowest BCUT2D eigenvalue weighted by molar-refractivity contribution is 0.0753. The third-order valence-corrected chi connectivity index (χ3v) is 5.99. The van der Waals surface area contributed by atoms with Gasteiger partial charge in [0.15, 0.2) is 0 Å². The van der Waals surface area contributed by atoms with Crippen LogP contribution in [-0.4, -0.2) is 30.4 Å². The van der Waals surface area contributed by atoms with Crippen LogP contribution in [0.25, 0.3) is 19.5 Å². The molecule has 1 aromatic carbocycles. The second-order valence-electron chi connectivity index (χ2n) is 4.90. The molecule has 2 aromatic heterocycles. The lowest BCUT2D eigenvalue weighted by Gasteiger charge is -2.22. The molecule has 0 fully saturated rings. The standard InChI is InChI=1S/C15H16N2OS2.ClH/c1-9(8-16)17(2)15(18)13-7-12-14(20-13)10-5-3-4-6-11(10)19-12;/h3-7,9H,8,16H2,1-2H3;1H. The Balaban J connectivity index is 0.00000161. The number of halogens is 1. The van der Waals surface area contributed by atoms with Gasteiger partial charge in [0.1, 0.15) is 0 Å². The first-order valence-corrected chi connectivity index (χ1v) is 8.13. The molecule has 2 heterocycles. The number of likely N-dealkylation sites (N-methyl/N-ethyl adjacent to an activating group) is 1. The van der Waals surface area contributed by atoms with Crippen LogP contribution in [0.2, 0.25) is 0 Å². The van der Waals surface area contributed by atoms with Gasteiger partial charge < -0.3 is 10.6 Å². The highest BCUT2D eigenvalue weighted by Crippen LogP contribution is 2.39. The second kappa shape index (κ2) is 6.32. The Morgan fingerprint density at radius 1 is 1.29 bits per heavy atom. The summed E-state index contributed by atoms with van der Waals surface area (Å²) in [5.74, 6) is 0.0560. The first-order valence-electron chi connectivity index (χ1n) is 6.50. The summed E-state index contributed by atoms with van der Waals surface area (Å²) in [6.45, 7) is 2.44. The number of hydrogen-bond donors (Lipinski definition) is 1. The molecule has 112 valence electrons. The van der Waals surface area contributed by atoms with Crippen LogP contribution in [0, 0.1) is 0 Å². The van der Waals surface area contributed by atoms with Crippen LogP contribution in [-0.2, 0) is 0 Å². The maximum Gasteiger partial charge on any atom is 0.264 e. The summed E-state index contributed by atoms with van der Waals surface area (Å²) in [7, 11) is 1.81. The summed E-state index contributed by atoms with van der Waals surface area (Å²) >= 11 is 3.32. The first kappa shape index (κ1) is 16.2. The molecule has 3 nitrogen and oxygen atoms in total. The van der Waals surface area contributed by atoms with Crippen molar-refractivity contribution in [1.29, 1.82) is 0 Å². The van der Waals surface area contributed by atoms with Crippen molar-refractivity contribution >= 4 is 60.5 Å². The van der Waals surface area contributed by atoms with E-state index in [1.165, 1.54) is 19.5 Å². The monoisotopic (exact) mass is 340 g/mol. The van der Waals surface area contributed by atoms with Gasteiger partial charge in [-0.05, 0) is 19.1 Å². The largest absolute Gasteiger partial charge is 0.337 e. The quantitative estimate of drug-likeness (QED) is 0.784. The molecule has 0 aliphatic heterocycles. The van der Waals surface area contributed by atoms with E-state index in [1.54, 1.807) is 27.6 Å². The number of nitrogens with two attached hydrogens (primary N) is 1. The predicted molar refractivity (Wildman–Crippen MR) is 95.1 cm³/mol. The molecular weight excluding hydrogens is 324 g/mol. The maximum atomic E-state index is 12.4. The molecule has 0 saturated heterocycles. The fraction of sp³-hybridized carbons (Fsp3) is 0.267. The van der Waals surface area contributed by atoms with Gasteiger partial charge in [0.2, 0.25) is 0 Å². The van der Waals surface area contributed by atoms with E-state index in [0.717, 1.165) is 4.88 Å². The second-order valence-corrected chi connectivity index (χ2v) is 7.04. The lowest BCUT2D eigenvalue weighted by atomic mass is 10.2. The van der Waals surface area contributed by atoms with Crippen LogP contribution in [0.1, 0.15) is 16.6 Å². The minimum absolute atomic E-state index is 0. The minimum Gasteiger partial charge on any atom is -0.337 e. The van der Waals surface area contributed by atoms with Crippen LogP contribution in [0.3, 0.4) is 0 Å². The van der Waals surface area contributed by atoms with Crippen LogP contribution in [0.15, 0.2) is 30.3 Å². The topological polar surface area (TPSA) is 46.3 Å². The number of thiophene rings is 2. The van der Waals surface area contributed by atoms with E-state index in [9.17, 15) is 4.79 Å². The van der Waals surface area contributed by atoms with Crippen LogP contribution >= 0.6 is 35.1 Å². The minimum atomic E-state index is 0. The average molecular weight is 341 g/mol. The van der Waals surface area contributed by atoms with Crippen LogP contribution in [0.5, 0.6) is 0 Å². The third kappa shape index (κ3) is 2.79. The highest BCUT2D eigenvalue weighted by atomic mass is 35.5. The fourth-order valence-corrected chi connectivity index (χ4v) is 4.64. The van der Waals surface area contributed by atoms with Crippen molar-refractivity contribution in [1.82, 2.24) is 4.90 Å². The Bertz CT molecular complexity index is 780. The van der Waals surface area contributed by atoms with Crippen molar-refractivity contribution < 1.29 is 4.79 Å². The molecule has 1 amide bonds. The Hall–Kier alpha value is -1.14. The van der Waals surface area contributed by atoms with Crippen LogP contribution in [0.4, 0.5) is 0 Å². The number of fused-ring (bicyclic) bond motifs is 3. The molecule has 0 aliphatic carbocycles. The molecule has 0 spiro atoms. The molecule has 1 unspecified atom stereocenters. The Morgan fingerprint density at radius 2 is 2.00 bits per heavy atom. The SMILES string of the molecule is CC(CN)N(C)C(=O)c1cc2sc3ccccc3c2s1.Cl. The summed E-state index contributed by atoms with van der Waals surface area (Å²) in [6.07, 6.45) is 0. The van der Waals surface area contributed by atoms with E-state index in [4.69, 9.17) is 5.73 Å². The van der Waals surface area contributed by atoms with Gasteiger partial charge in [-0.15, -0.1) is 35.1 Å². The number of carbonyl (C=O) groups is 1. The van der Waals surface area contributed by atoms with Gasteiger partial charge in [-0.2, -0.15) is 0 Å². The Kier molecular flexibility index (Phi) is 4.88. The van der Waals surface area contributed by atoms with Gasteiger partial charge in [-0.25, -0.2) is 0 Å². The van der Waals surface area contributed by atoms with E-state index >= 15 is 0 Å². The van der Waals surface area contributed by atoms with Crippen molar-refractivity contribution in [2.24, 2.45) is 5.73 Å². The number of amides is 1. The van der Waals surface area contributed by atoms with Crippen molar-refractivity contribution in [2.75, 3.05) is 13.6 Å². The average Bonchev–Trinajstić information content (AvgIpc) is 3.02. The molecular formula is C15H17ClN2OS2. The molecule has 3 rings (SSSR count). The highest BCUT2D eigenvalue weighted by molar-refractivity contribution is 7.33. The normalized spacial score (nSPS) is 12.3. The number of carbonyl (C=O) groups excluding carboxylic acids is 1. The highest BCUT2D eigenvalue weighted by Gasteiger charge is 2.20. The fourth-order valence-electron chi connectivity index (χ4n) is 2.14. The zero-order valence-electron chi connectivity index (χ0n) is 11.8. The zero-order valence-corrected chi connectivity index (χ0v) is 14.3. The Morgan fingerprint density at radius 3 is 2.71 bits per heavy atom. The van der Waals surface area contributed by atoms with E-state index in [0.29, 0.717) is 6.54 Å². The van der Waals surface area contributed by atoms with E-state index < -0.39 is 0 Å². The molecule has 0 aliphatic rings. The summed E-state index contributed by atoms with van der Waals surface area (Å²) in [4.78, 5) is 14.9. The summed E-state index contributed by atoms with van der Waals surface area (Å²) in [5, 5.41) is 1.24. The first-order chi connectivity index (χ1) is 9.61. The Labute approximate surface area is 137 Å². The van der Waals surface area contributed by atoms with Gasteiger partial charge in [-0.1, -0.05) is 18.2 Å². The molecule has 2 N–H and O–H groups in total. The van der Waals surface area contributed by atoms with Crippen molar-refractivity contribution in [3.8, 4) is 0 Å². The van der Waals surface area contributed by atoms with Gasteiger partial charge in [0.05, 0.1) is 9.58 Å². The number of benzene rings is 1.